The van der Waals surface area contributed by atoms with Crippen LogP contribution < -0.4 is 30.7 Å². The highest BCUT2D eigenvalue weighted by Crippen LogP contribution is 2.47. The van der Waals surface area contributed by atoms with Gasteiger partial charge in [0.15, 0.2) is 0 Å². The molecule has 4 amide bonds. The molecule has 5 atom stereocenters. The summed E-state index contributed by atoms with van der Waals surface area (Å²) >= 11 is 1.90. The molecule has 0 aliphatic carbocycles. The van der Waals surface area contributed by atoms with Gasteiger partial charge in [-0.25, -0.2) is 9.46 Å². The van der Waals surface area contributed by atoms with E-state index < -0.39 is 14.1 Å². The molecule has 16 heteroatoms. The van der Waals surface area contributed by atoms with Crippen LogP contribution in [0.4, 0.5) is 4.79 Å². The quantitative estimate of drug-likeness (QED) is 0.0198. The van der Waals surface area contributed by atoms with Gasteiger partial charge in [-0.2, -0.15) is 17.0 Å². The minimum Gasteiger partial charge on any atom is -0.497 e. The smallest absolute Gasteiger partial charge is 0.315 e. The van der Waals surface area contributed by atoms with Crippen molar-refractivity contribution in [2.75, 3.05) is 52.9 Å². The second-order valence-corrected chi connectivity index (χ2v) is 21.1. The number of nitriles is 1. The van der Waals surface area contributed by atoms with Crippen LogP contribution in [0.1, 0.15) is 121 Å². The first-order chi connectivity index (χ1) is 33.5. The van der Waals surface area contributed by atoms with Crippen molar-refractivity contribution in [3.63, 3.8) is 0 Å². The molecule has 2 heterocycles. The number of rotatable bonds is 33. The zero-order valence-electron chi connectivity index (χ0n) is 41.7. The molecule has 0 radical (unpaired) electrons. The molecule has 14 nitrogen and oxygen atoms in total. The number of thioether (sulfide) groups is 1. The molecule has 5 unspecified atom stereocenters. The Morgan fingerprint density at radius 2 is 1.35 bits per heavy atom. The molecule has 0 bridgehead atoms. The molecule has 0 spiro atoms. The van der Waals surface area contributed by atoms with Gasteiger partial charge in [-0.3, -0.25) is 9.59 Å². The molecule has 69 heavy (non-hydrogen) atoms. The third-order valence-corrected chi connectivity index (χ3v) is 16.2. The van der Waals surface area contributed by atoms with Crippen molar-refractivity contribution < 1.29 is 37.6 Å². The van der Waals surface area contributed by atoms with Crippen LogP contribution in [-0.2, 0) is 29.0 Å². The number of nitrogens with zero attached hydrogens (tertiary/aromatic N) is 2. The van der Waals surface area contributed by atoms with E-state index in [1.807, 2.05) is 54.2 Å². The fraction of sp³-hybridized carbons (Fsp3) is 0.585. The van der Waals surface area contributed by atoms with Gasteiger partial charge in [0.2, 0.25) is 11.8 Å². The van der Waals surface area contributed by atoms with E-state index in [9.17, 15) is 19.6 Å². The monoisotopic (exact) mass is 989 g/mol. The molecule has 2 saturated heterocycles. The lowest BCUT2D eigenvalue weighted by Gasteiger charge is -2.38. The van der Waals surface area contributed by atoms with Crippen molar-refractivity contribution >= 4 is 38.1 Å². The fourth-order valence-corrected chi connectivity index (χ4v) is 12.3. The summed E-state index contributed by atoms with van der Waals surface area (Å²) in [4.78, 5) is 36.9. The Bertz CT molecular complexity index is 1970. The third-order valence-electron chi connectivity index (χ3n) is 12.6. The number of hydrogen-bond donors (Lipinski definition) is 4. The van der Waals surface area contributed by atoms with E-state index in [0.29, 0.717) is 44.4 Å². The molecule has 2 aliphatic rings. The topological polar surface area (TPSA) is 173 Å². The summed E-state index contributed by atoms with van der Waals surface area (Å²) in [6.07, 6.45) is 8.90. The molecule has 3 aromatic carbocycles. The SMILES string of the molecule is COc1ccc(C(OCC(CCCCNC(=O)CCCCCNC(=O)CCCCC2SCC3NC(=O)NC32)COP(OCCC#N)N(C(C)C)C(C)C)(c2ccccc2)c2ccc(OC)cc2)cc1. The maximum atomic E-state index is 12.9. The first kappa shape index (κ1) is 55.5. The number of amides is 4. The van der Waals surface area contributed by atoms with Crippen molar-refractivity contribution in [2.45, 2.75) is 140 Å². The van der Waals surface area contributed by atoms with Crippen LogP contribution >= 0.6 is 20.3 Å². The van der Waals surface area contributed by atoms with E-state index in [-0.39, 0.29) is 61.0 Å². The van der Waals surface area contributed by atoms with E-state index in [0.717, 1.165) is 91.7 Å². The van der Waals surface area contributed by atoms with Crippen LogP contribution in [0.3, 0.4) is 0 Å². The Balaban J connectivity index is 1.15. The summed E-state index contributed by atoms with van der Waals surface area (Å²) < 4.78 is 33.8. The number of unbranched alkanes of at least 4 members (excludes halogenated alkanes) is 4. The van der Waals surface area contributed by atoms with Gasteiger partial charge >= 0.3 is 6.03 Å². The first-order valence-electron chi connectivity index (χ1n) is 24.9. The largest absolute Gasteiger partial charge is 0.497 e. The summed E-state index contributed by atoms with van der Waals surface area (Å²) in [5.74, 6) is 2.50. The van der Waals surface area contributed by atoms with Gasteiger partial charge in [0.05, 0.1) is 58.6 Å². The predicted molar refractivity (Wildman–Crippen MR) is 275 cm³/mol. The maximum absolute atomic E-state index is 12.9. The lowest BCUT2D eigenvalue weighted by molar-refractivity contribution is -0.122. The van der Waals surface area contributed by atoms with E-state index in [4.69, 9.17) is 23.3 Å². The minimum absolute atomic E-state index is 0.0381. The number of urea groups is 1. The Labute approximate surface area is 417 Å². The van der Waals surface area contributed by atoms with E-state index in [2.05, 4.69) is 96.1 Å². The normalized spacial score (nSPS) is 17.5. The lowest BCUT2D eigenvalue weighted by Crippen LogP contribution is -2.36. The van der Waals surface area contributed by atoms with Crippen LogP contribution in [-0.4, -0.2) is 105 Å². The van der Waals surface area contributed by atoms with Gasteiger partial charge in [-0.05, 0) is 107 Å². The molecule has 4 N–H and O–H groups in total. The Hall–Kier alpha value is -4.42. The van der Waals surface area contributed by atoms with Crippen molar-refractivity contribution in [1.82, 2.24) is 25.9 Å². The Morgan fingerprint density at radius 1 is 0.768 bits per heavy atom. The maximum Gasteiger partial charge on any atom is 0.315 e. The minimum atomic E-state index is -1.47. The lowest BCUT2D eigenvalue weighted by atomic mass is 9.79. The molecule has 378 valence electrons. The molecule has 0 saturated carbocycles. The number of benzene rings is 3. The summed E-state index contributed by atoms with van der Waals surface area (Å²) in [6.45, 7) is 10.7. The van der Waals surface area contributed by atoms with E-state index in [1.54, 1.807) is 14.2 Å². The molecule has 3 aromatic rings. The van der Waals surface area contributed by atoms with Crippen molar-refractivity contribution in [3.8, 4) is 17.6 Å². The number of nitrogens with one attached hydrogen (secondary N) is 4. The second-order valence-electron chi connectivity index (χ2n) is 18.4. The zero-order valence-corrected chi connectivity index (χ0v) is 43.4. The molecule has 2 aliphatic heterocycles. The van der Waals surface area contributed by atoms with Crippen LogP contribution in [0.2, 0.25) is 0 Å². The van der Waals surface area contributed by atoms with Gasteiger partial charge in [0, 0.05) is 54.9 Å². The van der Waals surface area contributed by atoms with Gasteiger partial charge in [0.25, 0.3) is 8.53 Å². The summed E-state index contributed by atoms with van der Waals surface area (Å²) in [5, 5.41) is 21.9. The summed E-state index contributed by atoms with van der Waals surface area (Å²) in [7, 11) is 1.85. The number of ether oxygens (including phenoxy) is 3. The Morgan fingerprint density at radius 3 is 1.93 bits per heavy atom. The highest BCUT2D eigenvalue weighted by atomic mass is 32.2. The molecule has 2 fully saturated rings. The number of carbonyl (C=O) groups is 3. The van der Waals surface area contributed by atoms with Crippen LogP contribution in [0.5, 0.6) is 11.5 Å². The fourth-order valence-electron chi connectivity index (χ4n) is 9.07. The second kappa shape index (κ2) is 29.7. The molecule has 0 aromatic heterocycles. The van der Waals surface area contributed by atoms with E-state index in [1.165, 1.54) is 0 Å². The van der Waals surface area contributed by atoms with E-state index >= 15 is 0 Å². The summed E-state index contributed by atoms with van der Waals surface area (Å²) in [5.41, 5.74) is 1.86. The van der Waals surface area contributed by atoms with Gasteiger partial charge in [0.1, 0.15) is 17.1 Å². The van der Waals surface area contributed by atoms with Crippen LogP contribution in [0, 0.1) is 17.2 Å². The average Bonchev–Trinajstić information content (AvgIpc) is 3.91. The van der Waals surface area contributed by atoms with Gasteiger partial charge in [-0.15, -0.1) is 0 Å². The van der Waals surface area contributed by atoms with Crippen molar-refractivity contribution in [1.29, 1.82) is 5.26 Å². The Kier molecular flexibility index (Phi) is 23.9. The summed E-state index contributed by atoms with van der Waals surface area (Å²) in [6, 6.07) is 29.2. The first-order valence-corrected chi connectivity index (χ1v) is 27.1. The number of fused-ring (bicyclic) bond motifs is 1. The van der Waals surface area contributed by atoms with Crippen LogP contribution in [0.25, 0.3) is 0 Å². The van der Waals surface area contributed by atoms with Crippen molar-refractivity contribution in [2.24, 2.45) is 5.92 Å². The van der Waals surface area contributed by atoms with Gasteiger partial charge in [-0.1, -0.05) is 73.9 Å². The number of carbonyl (C=O) groups excluding carboxylic acids is 3. The number of methoxy groups -OCH3 is 2. The molecule has 5 rings (SSSR count). The van der Waals surface area contributed by atoms with Crippen LogP contribution in [0.15, 0.2) is 78.9 Å². The van der Waals surface area contributed by atoms with Crippen molar-refractivity contribution in [3.05, 3.63) is 95.6 Å². The predicted octanol–water partition coefficient (Wildman–Crippen LogP) is 9.61. The zero-order chi connectivity index (χ0) is 49.4. The third kappa shape index (κ3) is 17.1. The number of hydrogen-bond acceptors (Lipinski definition) is 11. The molecular formula is C53H77N6O8PS. The highest BCUT2D eigenvalue weighted by Gasteiger charge is 2.43. The van der Waals surface area contributed by atoms with Gasteiger partial charge < -0.3 is 44.5 Å². The molecular weight excluding hydrogens is 912 g/mol. The highest BCUT2D eigenvalue weighted by molar-refractivity contribution is 8.00. The standard InChI is InChI=1S/C53H77N6O8PS/c1-39(2)59(40(3)4)68(66-35-17-32-54)67-37-41(36-65-53(42-19-9-7-10-20-42,43-24-28-45(63-5)29-25-43)44-26-30-46(64-6)31-27-44)18-14-16-34-56-49(60)22-11-8-15-33-55-50(61)23-13-12-21-48-51-47(38-69-48)57-52(62)58-51/h7,9-10,19-20,24-31,39-41,47-48,51H,8,11-18,21-23,33-38H2,1-6H3,(H,55,61)(H,56,60)(H2,57,58,62). The average molecular weight is 989 g/mol.